The molecule has 0 aromatic heterocycles. The average Bonchev–Trinajstić information content (AvgIpc) is 2.49. The Bertz CT molecular complexity index is 562. The minimum Gasteiger partial charge on any atom is -0.271 e. The highest BCUT2D eigenvalue weighted by Crippen LogP contribution is 2.29. The summed E-state index contributed by atoms with van der Waals surface area (Å²) in [4.78, 5) is 0. The van der Waals surface area contributed by atoms with Gasteiger partial charge in [0.1, 0.15) is 0 Å². The lowest BCUT2D eigenvalue weighted by Crippen LogP contribution is -2.29. The molecule has 0 amide bonds. The van der Waals surface area contributed by atoms with Crippen molar-refractivity contribution in [3.8, 4) is 0 Å². The first kappa shape index (κ1) is 16.3. The summed E-state index contributed by atoms with van der Waals surface area (Å²) in [5.74, 6) is 5.71. The van der Waals surface area contributed by atoms with Gasteiger partial charge in [-0.15, -0.1) is 0 Å². The van der Waals surface area contributed by atoms with Gasteiger partial charge < -0.3 is 0 Å². The van der Waals surface area contributed by atoms with Crippen LogP contribution >= 0.6 is 23.2 Å². The van der Waals surface area contributed by atoms with Gasteiger partial charge in [-0.25, -0.2) is 0 Å². The largest absolute Gasteiger partial charge is 0.271 e. The zero-order valence-electron chi connectivity index (χ0n) is 12.1. The Morgan fingerprint density at radius 3 is 2.19 bits per heavy atom. The Kier molecular flexibility index (Phi) is 6.07. The molecule has 2 nitrogen and oxygen atoms in total. The average molecular weight is 323 g/mol. The van der Waals surface area contributed by atoms with E-state index < -0.39 is 0 Å². The molecule has 21 heavy (non-hydrogen) atoms. The second-order valence-corrected chi connectivity index (χ2v) is 5.93. The zero-order valence-corrected chi connectivity index (χ0v) is 13.6. The van der Waals surface area contributed by atoms with Gasteiger partial charge in [0.05, 0.1) is 6.04 Å². The fraction of sp³-hybridized carbons (Fsp3) is 0.294. The molecule has 112 valence electrons. The van der Waals surface area contributed by atoms with E-state index in [2.05, 4.69) is 36.6 Å². The van der Waals surface area contributed by atoms with Gasteiger partial charge in [0.2, 0.25) is 0 Å². The molecule has 1 unspecified atom stereocenters. The standard InChI is InChI=1S/C17H20Cl2N2/c1-2-4-12-7-9-13(10-8-12)17(21-20)11-14-15(18)5-3-6-16(14)19/h3,5-10,17,21H,2,4,11,20H2,1H3. The van der Waals surface area contributed by atoms with Crippen molar-refractivity contribution in [2.75, 3.05) is 0 Å². The number of nitrogens with one attached hydrogen (secondary N) is 1. The molecule has 0 aliphatic heterocycles. The predicted octanol–water partition coefficient (Wildman–Crippen LogP) is 4.69. The van der Waals surface area contributed by atoms with Crippen LogP contribution in [0.4, 0.5) is 0 Å². The maximum absolute atomic E-state index is 6.23. The monoisotopic (exact) mass is 322 g/mol. The van der Waals surface area contributed by atoms with Gasteiger partial charge in [-0.3, -0.25) is 11.3 Å². The van der Waals surface area contributed by atoms with E-state index in [-0.39, 0.29) is 6.04 Å². The molecule has 1 atom stereocenters. The molecule has 2 aromatic rings. The number of rotatable bonds is 6. The molecule has 2 rings (SSSR count). The van der Waals surface area contributed by atoms with Crippen LogP contribution in [0.5, 0.6) is 0 Å². The van der Waals surface area contributed by atoms with Gasteiger partial charge in [0.25, 0.3) is 0 Å². The van der Waals surface area contributed by atoms with Gasteiger partial charge in [-0.1, -0.05) is 66.9 Å². The highest BCUT2D eigenvalue weighted by atomic mass is 35.5. The molecular formula is C17H20Cl2N2. The van der Waals surface area contributed by atoms with Crippen molar-refractivity contribution in [2.24, 2.45) is 5.84 Å². The number of benzene rings is 2. The number of hydrogen-bond acceptors (Lipinski definition) is 2. The van der Waals surface area contributed by atoms with Crippen molar-refractivity contribution < 1.29 is 0 Å². The molecule has 4 heteroatoms. The molecular weight excluding hydrogens is 303 g/mol. The van der Waals surface area contributed by atoms with E-state index in [1.807, 2.05) is 18.2 Å². The second kappa shape index (κ2) is 7.81. The second-order valence-electron chi connectivity index (χ2n) is 5.12. The lowest BCUT2D eigenvalue weighted by molar-refractivity contribution is 0.552. The number of nitrogens with two attached hydrogens (primary N) is 1. The summed E-state index contributed by atoms with van der Waals surface area (Å²) in [6, 6.07) is 14.0. The van der Waals surface area contributed by atoms with Crippen molar-refractivity contribution in [3.63, 3.8) is 0 Å². The van der Waals surface area contributed by atoms with E-state index in [4.69, 9.17) is 29.0 Å². The highest BCUT2D eigenvalue weighted by Gasteiger charge is 2.14. The summed E-state index contributed by atoms with van der Waals surface area (Å²) in [6.07, 6.45) is 2.90. The predicted molar refractivity (Wildman–Crippen MR) is 90.7 cm³/mol. The van der Waals surface area contributed by atoms with Gasteiger partial charge >= 0.3 is 0 Å². The third-order valence-electron chi connectivity index (χ3n) is 3.59. The molecule has 0 radical (unpaired) electrons. The molecule has 0 bridgehead atoms. The van der Waals surface area contributed by atoms with Crippen molar-refractivity contribution in [2.45, 2.75) is 32.2 Å². The normalized spacial score (nSPS) is 12.4. The maximum atomic E-state index is 6.23. The summed E-state index contributed by atoms with van der Waals surface area (Å²) in [6.45, 7) is 2.18. The molecule has 2 aromatic carbocycles. The quantitative estimate of drug-likeness (QED) is 0.598. The summed E-state index contributed by atoms with van der Waals surface area (Å²) in [5.41, 5.74) is 6.25. The van der Waals surface area contributed by atoms with E-state index in [0.717, 1.165) is 24.0 Å². The van der Waals surface area contributed by atoms with Crippen LogP contribution in [-0.4, -0.2) is 0 Å². The van der Waals surface area contributed by atoms with Crippen LogP contribution in [-0.2, 0) is 12.8 Å². The molecule has 0 spiro atoms. The van der Waals surface area contributed by atoms with Crippen LogP contribution in [0, 0.1) is 0 Å². The summed E-state index contributed by atoms with van der Waals surface area (Å²) < 4.78 is 0. The highest BCUT2D eigenvalue weighted by molar-refractivity contribution is 6.36. The number of hydrogen-bond donors (Lipinski definition) is 2. The van der Waals surface area contributed by atoms with Crippen molar-refractivity contribution in [3.05, 3.63) is 69.2 Å². The summed E-state index contributed by atoms with van der Waals surface area (Å²) in [5, 5.41) is 1.34. The van der Waals surface area contributed by atoms with Crippen LogP contribution < -0.4 is 11.3 Å². The van der Waals surface area contributed by atoms with E-state index in [9.17, 15) is 0 Å². The first-order chi connectivity index (χ1) is 10.2. The summed E-state index contributed by atoms with van der Waals surface area (Å²) >= 11 is 12.5. The van der Waals surface area contributed by atoms with Crippen LogP contribution in [0.2, 0.25) is 10.0 Å². The smallest absolute Gasteiger partial charge is 0.0501 e. The Balaban J connectivity index is 2.19. The van der Waals surface area contributed by atoms with Crippen LogP contribution in [0.15, 0.2) is 42.5 Å². The summed E-state index contributed by atoms with van der Waals surface area (Å²) in [7, 11) is 0. The Morgan fingerprint density at radius 1 is 1.05 bits per heavy atom. The number of hydrazine groups is 1. The van der Waals surface area contributed by atoms with Gasteiger partial charge in [-0.2, -0.15) is 0 Å². The Hall–Kier alpha value is -1.06. The fourth-order valence-corrected chi connectivity index (χ4v) is 2.96. The van der Waals surface area contributed by atoms with E-state index in [1.165, 1.54) is 5.56 Å². The molecule has 0 heterocycles. The van der Waals surface area contributed by atoms with Crippen molar-refractivity contribution >= 4 is 23.2 Å². The lowest BCUT2D eigenvalue weighted by Gasteiger charge is -2.18. The first-order valence-corrected chi connectivity index (χ1v) is 7.89. The molecule has 0 saturated carbocycles. The molecule has 0 fully saturated rings. The van der Waals surface area contributed by atoms with Gasteiger partial charge in [0.15, 0.2) is 0 Å². The number of halogens is 2. The molecule has 3 N–H and O–H groups in total. The van der Waals surface area contributed by atoms with E-state index in [0.29, 0.717) is 16.5 Å². The maximum Gasteiger partial charge on any atom is 0.0501 e. The topological polar surface area (TPSA) is 38.0 Å². The van der Waals surface area contributed by atoms with Gasteiger partial charge in [-0.05, 0) is 41.7 Å². The van der Waals surface area contributed by atoms with E-state index >= 15 is 0 Å². The van der Waals surface area contributed by atoms with Crippen LogP contribution in [0.3, 0.4) is 0 Å². The van der Waals surface area contributed by atoms with Crippen molar-refractivity contribution in [1.29, 1.82) is 0 Å². The van der Waals surface area contributed by atoms with Crippen LogP contribution in [0.25, 0.3) is 0 Å². The van der Waals surface area contributed by atoms with E-state index in [1.54, 1.807) is 0 Å². The molecule has 0 aliphatic rings. The lowest BCUT2D eigenvalue weighted by atomic mass is 9.97. The SMILES string of the molecule is CCCc1ccc(C(Cc2c(Cl)cccc2Cl)NN)cc1. The third kappa shape index (κ3) is 4.21. The molecule has 0 saturated heterocycles. The fourth-order valence-electron chi connectivity index (χ4n) is 2.41. The number of aryl methyl sites for hydroxylation is 1. The van der Waals surface area contributed by atoms with Gasteiger partial charge in [0, 0.05) is 10.0 Å². The van der Waals surface area contributed by atoms with Crippen LogP contribution in [0.1, 0.15) is 36.1 Å². The minimum absolute atomic E-state index is 0.0157. The minimum atomic E-state index is -0.0157. The zero-order chi connectivity index (χ0) is 15.2. The third-order valence-corrected chi connectivity index (χ3v) is 4.30. The van der Waals surface area contributed by atoms with Crippen molar-refractivity contribution in [1.82, 2.24) is 5.43 Å². The first-order valence-electron chi connectivity index (χ1n) is 7.13. The Morgan fingerprint density at radius 2 is 1.67 bits per heavy atom. The molecule has 0 aliphatic carbocycles. The Labute approximate surface area is 136 Å².